The van der Waals surface area contributed by atoms with Crippen molar-refractivity contribution in [3.8, 4) is 0 Å². The molecule has 1 fully saturated rings. The van der Waals surface area contributed by atoms with Gasteiger partial charge in [0, 0.05) is 32.1 Å². The van der Waals surface area contributed by atoms with Crippen LogP contribution in [-0.2, 0) is 25.7 Å². The number of benzene rings is 1. The van der Waals surface area contributed by atoms with Crippen LogP contribution in [0.15, 0.2) is 35.3 Å². The summed E-state index contributed by atoms with van der Waals surface area (Å²) in [4.78, 5) is 54.1. The van der Waals surface area contributed by atoms with Gasteiger partial charge in [-0.3, -0.25) is 19.4 Å². The molecule has 0 aromatic heterocycles. The maximum atomic E-state index is 13.0. The Labute approximate surface area is 216 Å². The summed E-state index contributed by atoms with van der Waals surface area (Å²) in [5, 5.41) is 14.2. The molecule has 1 heterocycles. The fourth-order valence-corrected chi connectivity index (χ4v) is 4.15. The van der Waals surface area contributed by atoms with Crippen LogP contribution < -0.4 is 22.1 Å². The summed E-state index contributed by atoms with van der Waals surface area (Å²) in [6.45, 7) is 1.42. The molecule has 1 aromatic rings. The quantitative estimate of drug-likeness (QED) is 0.121. The molecule has 2 atom stereocenters. The summed E-state index contributed by atoms with van der Waals surface area (Å²) in [7, 11) is 0. The normalized spacial score (nSPS) is 15.6. The van der Waals surface area contributed by atoms with Gasteiger partial charge < -0.3 is 36.8 Å². The maximum Gasteiger partial charge on any atom is 0.407 e. The van der Waals surface area contributed by atoms with Gasteiger partial charge in [0.15, 0.2) is 5.96 Å². The number of carboxylic acid groups (broad SMARTS) is 1. The molecule has 0 bridgehead atoms. The third-order valence-corrected chi connectivity index (χ3v) is 6.06. The van der Waals surface area contributed by atoms with Gasteiger partial charge in [0.1, 0.15) is 12.6 Å². The van der Waals surface area contributed by atoms with E-state index in [1.54, 1.807) is 4.90 Å². The Morgan fingerprint density at radius 2 is 1.86 bits per heavy atom. The van der Waals surface area contributed by atoms with Gasteiger partial charge in [-0.25, -0.2) is 4.79 Å². The van der Waals surface area contributed by atoms with E-state index in [4.69, 9.17) is 21.3 Å². The summed E-state index contributed by atoms with van der Waals surface area (Å²) in [6, 6.07) is 8.64. The number of ether oxygens (including phenoxy) is 1. The van der Waals surface area contributed by atoms with Crippen LogP contribution in [0.1, 0.15) is 50.5 Å². The predicted octanol–water partition coefficient (Wildman–Crippen LogP) is 0.945. The Hall–Kier alpha value is -3.83. The summed E-state index contributed by atoms with van der Waals surface area (Å²) >= 11 is 0. The smallest absolute Gasteiger partial charge is 0.407 e. The van der Waals surface area contributed by atoms with E-state index in [0.29, 0.717) is 58.2 Å². The molecule has 0 spiro atoms. The van der Waals surface area contributed by atoms with Crippen molar-refractivity contribution >= 4 is 29.8 Å². The first-order chi connectivity index (χ1) is 17.8. The molecule has 7 N–H and O–H groups in total. The first-order valence-electron chi connectivity index (χ1n) is 12.6. The van der Waals surface area contributed by atoms with Crippen LogP contribution in [0.5, 0.6) is 0 Å². The number of unbranched alkanes of at least 4 members (excludes halogenated alkanes) is 1. The first kappa shape index (κ1) is 29.4. The number of aliphatic carboxylic acids is 1. The van der Waals surface area contributed by atoms with Crippen LogP contribution in [0.2, 0.25) is 0 Å². The Morgan fingerprint density at radius 1 is 1.11 bits per heavy atom. The van der Waals surface area contributed by atoms with E-state index in [-0.39, 0.29) is 43.3 Å². The van der Waals surface area contributed by atoms with Crippen LogP contribution >= 0.6 is 0 Å². The zero-order chi connectivity index (χ0) is 27.0. The summed E-state index contributed by atoms with van der Waals surface area (Å²) < 4.78 is 5.18. The predicted molar refractivity (Wildman–Crippen MR) is 137 cm³/mol. The lowest BCUT2D eigenvalue weighted by Gasteiger charge is -2.27. The topological polar surface area (TPSA) is 189 Å². The lowest BCUT2D eigenvalue weighted by molar-refractivity contribution is -0.140. The van der Waals surface area contributed by atoms with Gasteiger partial charge in [0.05, 0.1) is 6.42 Å². The average molecular weight is 519 g/mol. The summed E-state index contributed by atoms with van der Waals surface area (Å²) in [6.07, 6.45) is 2.75. The van der Waals surface area contributed by atoms with Crippen molar-refractivity contribution in [3.05, 3.63) is 35.9 Å². The molecule has 0 radical (unpaired) electrons. The van der Waals surface area contributed by atoms with Crippen LogP contribution in [0.4, 0.5) is 4.79 Å². The Balaban J connectivity index is 1.81. The number of alkyl carbamates (subject to hydrolysis) is 1. The van der Waals surface area contributed by atoms with Crippen molar-refractivity contribution in [2.45, 2.75) is 57.6 Å². The fourth-order valence-electron chi connectivity index (χ4n) is 4.15. The van der Waals surface area contributed by atoms with Crippen LogP contribution in [0.3, 0.4) is 0 Å². The van der Waals surface area contributed by atoms with E-state index in [0.717, 1.165) is 5.56 Å². The second-order valence-electron chi connectivity index (χ2n) is 8.90. The van der Waals surface area contributed by atoms with Crippen molar-refractivity contribution in [1.82, 2.24) is 15.5 Å². The molecule has 3 amide bonds. The fraction of sp³-hybridized carbons (Fsp3) is 0.560. The molecule has 1 saturated heterocycles. The van der Waals surface area contributed by atoms with Crippen molar-refractivity contribution in [1.29, 1.82) is 0 Å². The number of carbonyl (C=O) groups excluding carboxylic acids is 3. The molecule has 1 aliphatic heterocycles. The average Bonchev–Trinajstić information content (AvgIpc) is 3.22. The highest BCUT2D eigenvalue weighted by atomic mass is 16.5. The number of nitrogens with one attached hydrogen (secondary N) is 2. The molecule has 12 nitrogen and oxygen atoms in total. The lowest BCUT2D eigenvalue weighted by Crippen LogP contribution is -2.48. The van der Waals surface area contributed by atoms with E-state index in [1.807, 2.05) is 30.3 Å². The number of carbonyl (C=O) groups is 4. The number of aliphatic imine (C=N–C) groups is 1. The van der Waals surface area contributed by atoms with Crippen molar-refractivity contribution in [2.75, 3.05) is 26.2 Å². The molecule has 0 saturated carbocycles. The van der Waals surface area contributed by atoms with Gasteiger partial charge in [-0.2, -0.15) is 0 Å². The molecule has 37 heavy (non-hydrogen) atoms. The largest absolute Gasteiger partial charge is 0.481 e. The van der Waals surface area contributed by atoms with Gasteiger partial charge in [-0.15, -0.1) is 0 Å². The molecule has 2 rings (SSSR count). The highest BCUT2D eigenvalue weighted by Crippen LogP contribution is 2.26. The molecular weight excluding hydrogens is 480 g/mol. The van der Waals surface area contributed by atoms with Gasteiger partial charge in [-0.05, 0) is 44.1 Å². The zero-order valence-electron chi connectivity index (χ0n) is 21.1. The number of nitrogens with zero attached hydrogens (tertiary/aromatic N) is 2. The number of likely N-dealkylation sites (tertiary alicyclic amines) is 1. The number of nitrogens with two attached hydrogens (primary N) is 2. The summed E-state index contributed by atoms with van der Waals surface area (Å²) in [5.74, 6) is -1.67. The Morgan fingerprint density at radius 3 is 2.57 bits per heavy atom. The molecular formula is C25H38N6O6. The van der Waals surface area contributed by atoms with Crippen molar-refractivity contribution < 1.29 is 29.0 Å². The SMILES string of the molecule is NC(N)=NCCC[C@@H]1CCN([C@@H](CCCCNC(=O)OCc2ccccc2)C(=O)NCCC(=O)O)C1=O. The van der Waals surface area contributed by atoms with Gasteiger partial charge in [0.25, 0.3) is 0 Å². The summed E-state index contributed by atoms with van der Waals surface area (Å²) in [5.41, 5.74) is 11.6. The third kappa shape index (κ3) is 11.2. The van der Waals surface area contributed by atoms with E-state index < -0.39 is 18.1 Å². The standard InChI is InChI=1S/C25H38N6O6/c26-24(27)29-14-6-9-19-12-16-31(23(19)35)20(22(34)28-15-11-21(32)33)10-4-5-13-30-25(36)37-17-18-7-2-1-3-8-18/h1-3,7-8,19-20H,4-6,9-17H2,(H,28,34)(H,30,36)(H,32,33)(H4,26,27,29)/t19-,20+/m1/s1. The third-order valence-electron chi connectivity index (χ3n) is 6.06. The Bertz CT molecular complexity index is 922. The Kier molecular flexibility index (Phi) is 12.7. The van der Waals surface area contributed by atoms with Crippen molar-refractivity contribution in [2.24, 2.45) is 22.4 Å². The van der Waals surface area contributed by atoms with Crippen LogP contribution in [-0.4, -0.2) is 72.1 Å². The number of amides is 3. The minimum atomic E-state index is -1.01. The maximum absolute atomic E-state index is 13.0. The van der Waals surface area contributed by atoms with E-state index >= 15 is 0 Å². The van der Waals surface area contributed by atoms with Gasteiger partial charge >= 0.3 is 12.1 Å². The van der Waals surface area contributed by atoms with Crippen LogP contribution in [0.25, 0.3) is 0 Å². The zero-order valence-corrected chi connectivity index (χ0v) is 21.1. The van der Waals surface area contributed by atoms with Gasteiger partial charge in [-0.1, -0.05) is 30.3 Å². The van der Waals surface area contributed by atoms with Gasteiger partial charge in [0.2, 0.25) is 11.8 Å². The first-order valence-corrected chi connectivity index (χ1v) is 12.6. The molecule has 204 valence electrons. The van der Waals surface area contributed by atoms with E-state index in [9.17, 15) is 19.2 Å². The van der Waals surface area contributed by atoms with E-state index in [1.165, 1.54) is 0 Å². The number of rotatable bonds is 16. The number of hydrogen-bond acceptors (Lipinski definition) is 6. The molecule has 1 aromatic carbocycles. The minimum Gasteiger partial charge on any atom is -0.481 e. The highest BCUT2D eigenvalue weighted by molar-refractivity contribution is 5.89. The minimum absolute atomic E-state index is 0.0105. The second-order valence-corrected chi connectivity index (χ2v) is 8.90. The number of guanidine groups is 1. The second kappa shape index (κ2) is 16.0. The highest BCUT2D eigenvalue weighted by Gasteiger charge is 2.38. The monoisotopic (exact) mass is 518 g/mol. The molecule has 1 aliphatic rings. The van der Waals surface area contributed by atoms with E-state index in [2.05, 4.69) is 15.6 Å². The number of carboxylic acids is 1. The molecule has 12 heteroatoms. The number of hydrogen-bond donors (Lipinski definition) is 5. The molecule has 0 aliphatic carbocycles. The van der Waals surface area contributed by atoms with Crippen molar-refractivity contribution in [3.63, 3.8) is 0 Å². The van der Waals surface area contributed by atoms with Crippen LogP contribution in [0, 0.1) is 5.92 Å². The lowest BCUT2D eigenvalue weighted by atomic mass is 10.0. The molecule has 0 unspecified atom stereocenters.